The average Bonchev–Trinajstić information content (AvgIpc) is 2.77. The Bertz CT molecular complexity index is 1150. The molecule has 0 aliphatic heterocycles. The van der Waals surface area contributed by atoms with E-state index < -0.39 is 11.9 Å². The molecule has 0 unspecified atom stereocenters. The smallest absolute Gasteiger partial charge is 0.410 e. The molecular weight excluding hydrogens is 502 g/mol. The quantitative estimate of drug-likeness (QED) is 0.409. The monoisotopic (exact) mass is 516 g/mol. The Morgan fingerprint density at radius 1 is 1.03 bits per heavy atom. The molecule has 33 heavy (non-hydrogen) atoms. The van der Waals surface area contributed by atoms with Crippen LogP contribution in [-0.2, 0) is 6.61 Å². The van der Waals surface area contributed by atoms with Crippen molar-refractivity contribution in [3.8, 4) is 23.0 Å². The van der Waals surface area contributed by atoms with Crippen LogP contribution in [0.4, 0.5) is 20.8 Å². The summed E-state index contributed by atoms with van der Waals surface area (Å²) < 4.78 is 34.5. The van der Waals surface area contributed by atoms with Gasteiger partial charge in [-0.25, -0.2) is 19.2 Å². The van der Waals surface area contributed by atoms with Crippen molar-refractivity contribution in [3.05, 3.63) is 57.0 Å². The molecule has 3 N–H and O–H groups in total. The largest absolute Gasteiger partial charge is 0.495 e. The zero-order chi connectivity index (χ0) is 24.1. The molecule has 0 radical (unpaired) electrons. The molecule has 13 heteroatoms. The van der Waals surface area contributed by atoms with E-state index in [9.17, 15) is 9.18 Å². The van der Waals surface area contributed by atoms with E-state index in [4.69, 9.17) is 59.5 Å². The number of nitrogens with one attached hydrogen (secondary N) is 1. The van der Waals surface area contributed by atoms with E-state index >= 15 is 0 Å². The number of carbonyl (C=O) groups is 1. The van der Waals surface area contributed by atoms with Gasteiger partial charge in [-0.1, -0.05) is 34.8 Å². The number of rotatable bonds is 8. The summed E-state index contributed by atoms with van der Waals surface area (Å²) in [5.74, 6) is 0.137. The van der Waals surface area contributed by atoms with Gasteiger partial charge in [0.05, 0.1) is 41.7 Å². The van der Waals surface area contributed by atoms with E-state index in [1.165, 1.54) is 26.6 Å². The normalized spacial score (nSPS) is 10.5. The molecule has 2 aromatic carbocycles. The highest BCUT2D eigenvalue weighted by Crippen LogP contribution is 2.41. The van der Waals surface area contributed by atoms with Crippen LogP contribution in [0.15, 0.2) is 30.6 Å². The predicted octanol–water partition coefficient (Wildman–Crippen LogP) is 5.37. The van der Waals surface area contributed by atoms with Crippen molar-refractivity contribution in [3.63, 3.8) is 0 Å². The number of aromatic nitrogens is 2. The topological polar surface area (TPSA) is 118 Å². The lowest BCUT2D eigenvalue weighted by atomic mass is 10.2. The van der Waals surface area contributed by atoms with E-state index in [0.717, 1.165) is 12.1 Å². The molecule has 3 rings (SSSR count). The Balaban J connectivity index is 1.77. The first-order valence-corrected chi connectivity index (χ1v) is 10.1. The number of anilines is 2. The second-order valence-corrected chi connectivity index (χ2v) is 7.39. The molecule has 0 saturated carbocycles. The van der Waals surface area contributed by atoms with Crippen molar-refractivity contribution in [2.75, 3.05) is 19.5 Å². The number of benzene rings is 2. The summed E-state index contributed by atoms with van der Waals surface area (Å²) in [6, 6.07) is 3.52. The van der Waals surface area contributed by atoms with Crippen LogP contribution in [0.5, 0.6) is 23.0 Å². The Hall–Kier alpha value is -3.21. The van der Waals surface area contributed by atoms with Gasteiger partial charge in [0.2, 0.25) is 5.95 Å². The molecule has 9 nitrogen and oxygen atoms in total. The van der Waals surface area contributed by atoms with Gasteiger partial charge in [0.25, 0.3) is 0 Å². The maximum Gasteiger partial charge on any atom is 0.410 e. The number of methoxy groups -OCH3 is 2. The first-order valence-electron chi connectivity index (χ1n) is 9.00. The van der Waals surface area contributed by atoms with Gasteiger partial charge in [0.1, 0.15) is 29.6 Å². The van der Waals surface area contributed by atoms with Crippen LogP contribution in [0.2, 0.25) is 15.1 Å². The predicted molar refractivity (Wildman–Crippen MR) is 121 cm³/mol. The van der Waals surface area contributed by atoms with E-state index in [-0.39, 0.29) is 44.8 Å². The fourth-order valence-corrected chi connectivity index (χ4v) is 3.50. The van der Waals surface area contributed by atoms with Crippen LogP contribution in [0.1, 0.15) is 5.56 Å². The Kier molecular flexibility index (Phi) is 7.85. The standard InChI is InChI=1S/C20H16Cl3FN4O5/c1-30-13-5-14(31-2)17(23)11(16(13)22)8-32-10-6-26-20(27-7-10)28-18-12(21)3-9(24)4-15(18)33-19(25)29/h3-7H,8H2,1-2H3,(H2,25,29)(H,26,27,28). The number of nitrogens with zero attached hydrogens (tertiary/aromatic N) is 2. The van der Waals surface area contributed by atoms with Crippen molar-refractivity contribution < 1.29 is 28.1 Å². The number of amides is 1. The van der Waals surface area contributed by atoms with E-state index in [0.29, 0.717) is 17.1 Å². The minimum Gasteiger partial charge on any atom is -0.495 e. The maximum absolute atomic E-state index is 13.6. The molecule has 0 fully saturated rings. The summed E-state index contributed by atoms with van der Waals surface area (Å²) in [5, 5.41) is 3.21. The van der Waals surface area contributed by atoms with Crippen molar-refractivity contribution >= 4 is 52.5 Å². The van der Waals surface area contributed by atoms with E-state index in [1.807, 2.05) is 0 Å². The van der Waals surface area contributed by atoms with Gasteiger partial charge in [-0.05, 0) is 6.07 Å². The zero-order valence-corrected chi connectivity index (χ0v) is 19.4. The van der Waals surface area contributed by atoms with Crippen molar-refractivity contribution in [2.24, 2.45) is 5.73 Å². The average molecular weight is 518 g/mol. The number of carbonyl (C=O) groups excluding carboxylic acids is 1. The van der Waals surface area contributed by atoms with Crippen molar-refractivity contribution in [1.82, 2.24) is 9.97 Å². The lowest BCUT2D eigenvalue weighted by Crippen LogP contribution is -2.17. The lowest BCUT2D eigenvalue weighted by molar-refractivity contribution is 0.211. The molecule has 0 aliphatic rings. The third kappa shape index (κ3) is 5.78. The van der Waals surface area contributed by atoms with Crippen LogP contribution in [0, 0.1) is 5.82 Å². The minimum absolute atomic E-state index is 0.0260. The van der Waals surface area contributed by atoms with Crippen molar-refractivity contribution in [2.45, 2.75) is 6.61 Å². The summed E-state index contributed by atoms with van der Waals surface area (Å²) in [7, 11) is 2.93. The SMILES string of the molecule is COc1cc(OC)c(Cl)c(COc2cnc(Nc3c(Cl)cc(F)cc3OC(N)=O)nc2)c1Cl. The second kappa shape index (κ2) is 10.6. The Labute approximate surface area is 202 Å². The van der Waals surface area contributed by atoms with E-state index in [2.05, 4.69) is 15.3 Å². The van der Waals surface area contributed by atoms with Gasteiger partial charge < -0.3 is 30.0 Å². The first-order chi connectivity index (χ1) is 15.7. The zero-order valence-electron chi connectivity index (χ0n) is 17.1. The molecule has 0 saturated heterocycles. The molecule has 3 aromatic rings. The highest BCUT2D eigenvalue weighted by Gasteiger charge is 2.18. The van der Waals surface area contributed by atoms with Gasteiger partial charge in [-0.2, -0.15) is 0 Å². The number of nitrogens with two attached hydrogens (primary N) is 1. The van der Waals surface area contributed by atoms with Crippen LogP contribution in [-0.4, -0.2) is 30.3 Å². The van der Waals surface area contributed by atoms with Crippen LogP contribution in [0.3, 0.4) is 0 Å². The van der Waals surface area contributed by atoms with Crippen LogP contribution in [0.25, 0.3) is 0 Å². The second-order valence-electron chi connectivity index (χ2n) is 6.23. The number of halogens is 4. The summed E-state index contributed by atoms with van der Waals surface area (Å²) in [6.07, 6.45) is 1.58. The number of hydrogen-bond acceptors (Lipinski definition) is 8. The summed E-state index contributed by atoms with van der Waals surface area (Å²) >= 11 is 18.7. The maximum atomic E-state index is 13.6. The van der Waals surface area contributed by atoms with Gasteiger partial charge in [0, 0.05) is 17.7 Å². The van der Waals surface area contributed by atoms with Crippen LogP contribution >= 0.6 is 34.8 Å². The fourth-order valence-electron chi connectivity index (χ4n) is 2.65. The lowest BCUT2D eigenvalue weighted by Gasteiger charge is -2.15. The Morgan fingerprint density at radius 3 is 2.18 bits per heavy atom. The summed E-state index contributed by atoms with van der Waals surface area (Å²) in [4.78, 5) is 19.3. The van der Waals surface area contributed by atoms with Gasteiger partial charge in [-0.15, -0.1) is 0 Å². The van der Waals surface area contributed by atoms with Gasteiger partial charge in [0.15, 0.2) is 11.5 Å². The van der Waals surface area contributed by atoms with E-state index in [1.54, 1.807) is 6.07 Å². The minimum atomic E-state index is -1.14. The molecule has 174 valence electrons. The van der Waals surface area contributed by atoms with Crippen LogP contribution < -0.4 is 30.0 Å². The molecule has 1 heterocycles. The van der Waals surface area contributed by atoms with Gasteiger partial charge in [-0.3, -0.25) is 0 Å². The first kappa shape index (κ1) is 24.4. The molecule has 0 bridgehead atoms. The number of ether oxygens (including phenoxy) is 4. The molecule has 0 aliphatic carbocycles. The number of hydrogen-bond donors (Lipinski definition) is 2. The van der Waals surface area contributed by atoms with Gasteiger partial charge >= 0.3 is 6.09 Å². The molecule has 1 aromatic heterocycles. The molecule has 0 atom stereocenters. The fraction of sp³-hybridized carbons (Fsp3) is 0.150. The number of primary amides is 1. The molecular formula is C20H16Cl3FN4O5. The third-order valence-corrected chi connectivity index (χ3v) is 5.27. The molecule has 0 spiro atoms. The summed E-state index contributed by atoms with van der Waals surface area (Å²) in [5.41, 5.74) is 5.50. The third-order valence-electron chi connectivity index (χ3n) is 4.14. The highest BCUT2D eigenvalue weighted by atomic mass is 35.5. The highest BCUT2D eigenvalue weighted by molar-refractivity contribution is 6.37. The summed E-state index contributed by atoms with van der Waals surface area (Å²) in [6.45, 7) is -0.0260. The van der Waals surface area contributed by atoms with Crippen molar-refractivity contribution in [1.29, 1.82) is 0 Å². The molecule has 1 amide bonds. The Morgan fingerprint density at radius 2 is 1.64 bits per heavy atom.